The Kier molecular flexibility index (Phi) is 5.56. The van der Waals surface area contributed by atoms with Crippen LogP contribution in [-0.4, -0.2) is 29.5 Å². The zero-order valence-corrected chi connectivity index (χ0v) is 16.8. The van der Waals surface area contributed by atoms with E-state index in [1.807, 2.05) is 43.3 Å². The molecular weight excluding hydrogens is 362 g/mol. The van der Waals surface area contributed by atoms with Crippen LogP contribution in [-0.2, 0) is 6.42 Å². The Balaban J connectivity index is 1.46. The van der Waals surface area contributed by atoms with Crippen molar-refractivity contribution in [1.29, 1.82) is 0 Å². The van der Waals surface area contributed by atoms with Gasteiger partial charge in [0.25, 0.3) is 5.91 Å². The van der Waals surface area contributed by atoms with E-state index in [-0.39, 0.29) is 5.91 Å². The average molecular weight is 387 g/mol. The maximum atomic E-state index is 12.8. The number of carbonyl (C=O) groups excluding carboxylic acids is 1. The molecule has 0 aliphatic heterocycles. The van der Waals surface area contributed by atoms with Crippen molar-refractivity contribution in [3.8, 4) is 17.1 Å². The predicted molar refractivity (Wildman–Crippen MR) is 113 cm³/mol. The molecule has 0 bridgehead atoms. The summed E-state index contributed by atoms with van der Waals surface area (Å²) in [5.74, 6) is 1.72. The first-order valence-electron chi connectivity index (χ1n) is 10.00. The van der Waals surface area contributed by atoms with E-state index in [0.717, 1.165) is 30.6 Å². The molecule has 1 atom stereocenters. The lowest BCUT2D eigenvalue weighted by atomic mass is 9.82. The molecule has 2 aromatic carbocycles. The van der Waals surface area contributed by atoms with Crippen molar-refractivity contribution in [3.05, 3.63) is 77.1 Å². The van der Waals surface area contributed by atoms with Crippen LogP contribution in [0.5, 0.6) is 5.75 Å². The minimum absolute atomic E-state index is 0.122. The van der Waals surface area contributed by atoms with E-state index in [1.165, 1.54) is 11.1 Å². The molecule has 0 radical (unpaired) electrons. The number of hydrogen-bond donors (Lipinski definition) is 1. The normalized spacial score (nSPS) is 15.4. The van der Waals surface area contributed by atoms with E-state index in [2.05, 4.69) is 27.4 Å². The molecule has 148 valence electrons. The molecule has 1 aliphatic carbocycles. The fourth-order valence-electron chi connectivity index (χ4n) is 3.96. The number of hydrogen-bond acceptors (Lipinski definition) is 4. The lowest BCUT2D eigenvalue weighted by Crippen LogP contribution is -2.30. The highest BCUT2D eigenvalue weighted by Crippen LogP contribution is 2.33. The third-order valence-electron chi connectivity index (χ3n) is 5.55. The van der Waals surface area contributed by atoms with Gasteiger partial charge in [0.05, 0.1) is 18.4 Å². The van der Waals surface area contributed by atoms with Crippen LogP contribution in [0.4, 0.5) is 0 Å². The number of aryl methyl sites for hydroxylation is 2. The average Bonchev–Trinajstić information content (AvgIpc) is 2.77. The van der Waals surface area contributed by atoms with Crippen LogP contribution in [0.15, 0.2) is 54.7 Å². The van der Waals surface area contributed by atoms with Gasteiger partial charge in [-0.2, -0.15) is 0 Å². The maximum absolute atomic E-state index is 12.8. The molecule has 4 rings (SSSR count). The molecule has 1 amide bonds. The van der Waals surface area contributed by atoms with Gasteiger partial charge in [-0.1, -0.05) is 36.4 Å². The van der Waals surface area contributed by atoms with Crippen molar-refractivity contribution < 1.29 is 9.53 Å². The maximum Gasteiger partial charge on any atom is 0.254 e. The quantitative estimate of drug-likeness (QED) is 0.708. The number of rotatable bonds is 5. The topological polar surface area (TPSA) is 64.1 Å². The van der Waals surface area contributed by atoms with E-state index in [1.54, 1.807) is 13.3 Å². The summed E-state index contributed by atoms with van der Waals surface area (Å²) in [6.45, 7) is 2.46. The Morgan fingerprint density at radius 1 is 1.21 bits per heavy atom. The predicted octanol–water partition coefficient (Wildman–Crippen LogP) is 4.31. The van der Waals surface area contributed by atoms with Crippen LogP contribution >= 0.6 is 0 Å². The SMILES string of the molecule is COc1ccc2c(c1)CCCC2CNC(=O)c1cnc(-c2ccccc2)nc1C. The molecule has 5 nitrogen and oxygen atoms in total. The fourth-order valence-corrected chi connectivity index (χ4v) is 3.96. The molecule has 1 aliphatic rings. The second-order valence-corrected chi connectivity index (χ2v) is 7.42. The van der Waals surface area contributed by atoms with Gasteiger partial charge in [0.2, 0.25) is 0 Å². The van der Waals surface area contributed by atoms with Crippen molar-refractivity contribution in [1.82, 2.24) is 15.3 Å². The number of aromatic nitrogens is 2. The summed E-state index contributed by atoms with van der Waals surface area (Å²) in [6, 6.07) is 16.0. The second kappa shape index (κ2) is 8.43. The summed E-state index contributed by atoms with van der Waals surface area (Å²) < 4.78 is 5.34. The van der Waals surface area contributed by atoms with Gasteiger partial charge in [0.15, 0.2) is 5.82 Å². The number of fused-ring (bicyclic) bond motifs is 1. The molecule has 0 fully saturated rings. The number of ether oxygens (including phenoxy) is 1. The van der Waals surface area contributed by atoms with Crippen molar-refractivity contribution >= 4 is 5.91 Å². The molecule has 1 N–H and O–H groups in total. The van der Waals surface area contributed by atoms with Crippen LogP contribution in [0.2, 0.25) is 0 Å². The minimum atomic E-state index is -0.122. The van der Waals surface area contributed by atoms with Gasteiger partial charge in [-0.15, -0.1) is 0 Å². The van der Waals surface area contributed by atoms with Crippen LogP contribution in [0.3, 0.4) is 0 Å². The lowest BCUT2D eigenvalue weighted by Gasteiger charge is -2.26. The molecule has 0 saturated heterocycles. The summed E-state index contributed by atoms with van der Waals surface area (Å²) in [5.41, 5.74) is 4.78. The Morgan fingerprint density at radius 3 is 2.79 bits per heavy atom. The first-order valence-corrected chi connectivity index (χ1v) is 10.00. The van der Waals surface area contributed by atoms with Gasteiger partial charge in [-0.3, -0.25) is 4.79 Å². The van der Waals surface area contributed by atoms with Crippen molar-refractivity contribution in [2.45, 2.75) is 32.1 Å². The van der Waals surface area contributed by atoms with E-state index in [0.29, 0.717) is 29.5 Å². The van der Waals surface area contributed by atoms with Crippen molar-refractivity contribution in [2.24, 2.45) is 0 Å². The van der Waals surface area contributed by atoms with Gasteiger partial charge in [0.1, 0.15) is 5.75 Å². The first-order chi connectivity index (χ1) is 14.2. The molecule has 1 heterocycles. The van der Waals surface area contributed by atoms with E-state index in [4.69, 9.17) is 4.74 Å². The van der Waals surface area contributed by atoms with Crippen LogP contribution in [0.25, 0.3) is 11.4 Å². The van der Waals surface area contributed by atoms with Crippen molar-refractivity contribution in [2.75, 3.05) is 13.7 Å². The van der Waals surface area contributed by atoms with Crippen LogP contribution in [0, 0.1) is 6.92 Å². The van der Waals surface area contributed by atoms with Crippen molar-refractivity contribution in [3.63, 3.8) is 0 Å². The van der Waals surface area contributed by atoms with Crippen LogP contribution < -0.4 is 10.1 Å². The molecule has 0 saturated carbocycles. The standard InChI is InChI=1S/C24H25N3O2/c1-16-22(15-25-23(27-16)17-7-4-3-5-8-17)24(28)26-14-19-10-6-9-18-13-20(29-2)11-12-21(18)19/h3-5,7-8,11-13,15,19H,6,9-10,14H2,1-2H3,(H,26,28). The van der Waals surface area contributed by atoms with E-state index in [9.17, 15) is 4.79 Å². The molecule has 29 heavy (non-hydrogen) atoms. The number of amides is 1. The molecule has 1 unspecified atom stereocenters. The number of benzene rings is 2. The summed E-state index contributed by atoms with van der Waals surface area (Å²) in [4.78, 5) is 21.7. The Labute approximate surface area is 171 Å². The zero-order chi connectivity index (χ0) is 20.2. The number of nitrogens with zero attached hydrogens (tertiary/aromatic N) is 2. The summed E-state index contributed by atoms with van der Waals surface area (Å²) in [5, 5.41) is 3.09. The highest BCUT2D eigenvalue weighted by molar-refractivity contribution is 5.95. The Hall–Kier alpha value is -3.21. The zero-order valence-electron chi connectivity index (χ0n) is 16.8. The summed E-state index contributed by atoms with van der Waals surface area (Å²) in [7, 11) is 1.69. The first kappa shape index (κ1) is 19.1. The highest BCUT2D eigenvalue weighted by atomic mass is 16.5. The second-order valence-electron chi connectivity index (χ2n) is 7.42. The van der Waals surface area contributed by atoms with Gasteiger partial charge in [0, 0.05) is 24.2 Å². The monoisotopic (exact) mass is 387 g/mol. The van der Waals surface area contributed by atoms with E-state index < -0.39 is 0 Å². The summed E-state index contributed by atoms with van der Waals surface area (Å²) >= 11 is 0. The number of nitrogens with one attached hydrogen (secondary N) is 1. The van der Waals surface area contributed by atoms with Crippen LogP contribution in [0.1, 0.15) is 45.9 Å². The lowest BCUT2D eigenvalue weighted by molar-refractivity contribution is 0.0949. The molecular formula is C24H25N3O2. The Morgan fingerprint density at radius 2 is 2.03 bits per heavy atom. The fraction of sp³-hybridized carbons (Fsp3) is 0.292. The molecule has 1 aromatic heterocycles. The largest absolute Gasteiger partial charge is 0.497 e. The third-order valence-corrected chi connectivity index (χ3v) is 5.55. The van der Waals surface area contributed by atoms with Gasteiger partial charge >= 0.3 is 0 Å². The van der Waals surface area contributed by atoms with E-state index >= 15 is 0 Å². The van der Waals surface area contributed by atoms with Gasteiger partial charge < -0.3 is 10.1 Å². The van der Waals surface area contributed by atoms with Gasteiger partial charge in [-0.05, 0) is 49.4 Å². The summed E-state index contributed by atoms with van der Waals surface area (Å²) in [6.07, 6.45) is 4.88. The number of carbonyl (C=O) groups is 1. The van der Waals surface area contributed by atoms with Gasteiger partial charge in [-0.25, -0.2) is 9.97 Å². The molecule has 5 heteroatoms. The number of methoxy groups -OCH3 is 1. The Bertz CT molecular complexity index is 1020. The smallest absolute Gasteiger partial charge is 0.254 e. The minimum Gasteiger partial charge on any atom is -0.497 e. The molecule has 3 aromatic rings. The molecule has 0 spiro atoms. The highest BCUT2D eigenvalue weighted by Gasteiger charge is 2.22. The third kappa shape index (κ3) is 4.14.